The number of anilines is 1. The molecule has 1 aromatic carbocycles. The highest BCUT2D eigenvalue weighted by Crippen LogP contribution is 2.42. The first kappa shape index (κ1) is 13.7. The molecule has 1 unspecified atom stereocenters. The molecule has 1 aliphatic heterocycles. The van der Waals surface area contributed by atoms with Gasteiger partial charge in [0.2, 0.25) is 11.0 Å². The molecule has 5 nitrogen and oxygen atoms in total. The number of hydrogen-bond donors (Lipinski definition) is 1. The molecule has 2 aromatic rings. The van der Waals surface area contributed by atoms with Crippen LogP contribution in [-0.4, -0.2) is 24.0 Å². The molecule has 22 heavy (non-hydrogen) atoms. The molecule has 6 heteroatoms. The van der Waals surface area contributed by atoms with Gasteiger partial charge in [0.05, 0.1) is 16.1 Å². The summed E-state index contributed by atoms with van der Waals surface area (Å²) in [6.07, 6.45) is 5.31. The van der Waals surface area contributed by atoms with Crippen molar-refractivity contribution in [3.8, 4) is 6.19 Å². The van der Waals surface area contributed by atoms with Crippen LogP contribution < -0.4 is 10.2 Å². The van der Waals surface area contributed by atoms with Crippen LogP contribution in [0.2, 0.25) is 0 Å². The van der Waals surface area contributed by atoms with Gasteiger partial charge in [-0.2, -0.15) is 10.2 Å². The molecule has 2 fully saturated rings. The number of nitriles is 1. The van der Waals surface area contributed by atoms with E-state index in [-0.39, 0.29) is 11.8 Å². The monoisotopic (exact) mass is 312 g/mol. The van der Waals surface area contributed by atoms with E-state index in [0.717, 1.165) is 23.2 Å². The highest BCUT2D eigenvalue weighted by atomic mass is 32.1. The summed E-state index contributed by atoms with van der Waals surface area (Å²) in [6, 6.07) is 6.27. The summed E-state index contributed by atoms with van der Waals surface area (Å²) in [5.41, 5.74) is 2.21. The Morgan fingerprint density at radius 3 is 2.95 bits per heavy atom. The Morgan fingerprint density at radius 2 is 2.27 bits per heavy atom. The zero-order valence-electron chi connectivity index (χ0n) is 12.1. The van der Waals surface area contributed by atoms with Crippen molar-refractivity contribution in [1.29, 1.82) is 5.26 Å². The number of thiazole rings is 1. The maximum atomic E-state index is 12.5. The van der Waals surface area contributed by atoms with Crippen molar-refractivity contribution in [2.75, 3.05) is 18.0 Å². The van der Waals surface area contributed by atoms with E-state index in [9.17, 15) is 10.1 Å². The van der Waals surface area contributed by atoms with Crippen LogP contribution in [0.25, 0.3) is 10.2 Å². The normalized spacial score (nSPS) is 21.0. The Hall–Kier alpha value is -1.97. The third-order valence-electron chi connectivity index (χ3n) is 4.37. The number of benzene rings is 1. The smallest absolute Gasteiger partial charge is 0.246 e. The average molecular weight is 312 g/mol. The van der Waals surface area contributed by atoms with Gasteiger partial charge in [0.1, 0.15) is 0 Å². The maximum absolute atomic E-state index is 12.5. The molecule has 1 N–H and O–H groups in total. The lowest BCUT2D eigenvalue weighted by molar-refractivity contribution is -0.121. The number of carbonyl (C=O) groups is 1. The molecule has 4 rings (SSSR count). The van der Waals surface area contributed by atoms with Crippen molar-refractivity contribution >= 4 is 32.6 Å². The fourth-order valence-electron chi connectivity index (χ4n) is 2.93. The van der Waals surface area contributed by atoms with Crippen LogP contribution in [-0.2, 0) is 4.79 Å². The Kier molecular flexibility index (Phi) is 3.32. The quantitative estimate of drug-likeness (QED) is 0.698. The molecule has 1 atom stereocenters. The van der Waals surface area contributed by atoms with Gasteiger partial charge in [-0.1, -0.05) is 17.4 Å². The Labute approximate surface area is 132 Å². The lowest BCUT2D eigenvalue weighted by Crippen LogP contribution is -2.33. The van der Waals surface area contributed by atoms with Crippen molar-refractivity contribution in [2.24, 2.45) is 5.92 Å². The van der Waals surface area contributed by atoms with Crippen LogP contribution >= 0.6 is 11.3 Å². The lowest BCUT2D eigenvalue weighted by atomic mass is 10.1. The Bertz CT molecular complexity index is 768. The van der Waals surface area contributed by atoms with Crippen LogP contribution in [0.5, 0.6) is 0 Å². The SMILES string of the molecule is N#CN(C(=O)C1CCNC1)c1nc2ccc(C3CC3)cc2s1. The van der Waals surface area contributed by atoms with Gasteiger partial charge >= 0.3 is 0 Å². The van der Waals surface area contributed by atoms with Crippen LogP contribution in [0.15, 0.2) is 18.2 Å². The minimum atomic E-state index is -0.144. The second-order valence-electron chi connectivity index (χ2n) is 5.96. The van der Waals surface area contributed by atoms with E-state index in [2.05, 4.69) is 22.4 Å². The molecular weight excluding hydrogens is 296 g/mol. The van der Waals surface area contributed by atoms with Gasteiger partial charge in [-0.25, -0.2) is 4.98 Å². The van der Waals surface area contributed by atoms with Gasteiger partial charge < -0.3 is 5.32 Å². The van der Waals surface area contributed by atoms with E-state index in [1.165, 1.54) is 34.6 Å². The average Bonchev–Trinajstić information content (AvgIpc) is 3.08. The highest BCUT2D eigenvalue weighted by molar-refractivity contribution is 7.22. The second-order valence-corrected chi connectivity index (χ2v) is 6.97. The first-order chi connectivity index (χ1) is 10.8. The van der Waals surface area contributed by atoms with E-state index in [1.807, 2.05) is 12.3 Å². The van der Waals surface area contributed by atoms with E-state index >= 15 is 0 Å². The van der Waals surface area contributed by atoms with E-state index in [4.69, 9.17) is 0 Å². The number of carbonyl (C=O) groups excluding carboxylic acids is 1. The number of nitrogens with zero attached hydrogens (tertiary/aromatic N) is 3. The summed E-state index contributed by atoms with van der Waals surface area (Å²) >= 11 is 1.43. The third-order valence-corrected chi connectivity index (χ3v) is 5.37. The van der Waals surface area contributed by atoms with Gasteiger partial charge in [-0.15, -0.1) is 0 Å². The molecular formula is C16H16N4OS. The van der Waals surface area contributed by atoms with E-state index < -0.39 is 0 Å². The summed E-state index contributed by atoms with van der Waals surface area (Å²) < 4.78 is 1.05. The number of rotatable bonds is 3. The van der Waals surface area contributed by atoms with Crippen molar-refractivity contribution in [3.05, 3.63) is 23.8 Å². The zero-order valence-corrected chi connectivity index (χ0v) is 12.9. The molecule has 1 aliphatic carbocycles. The standard InChI is InChI=1S/C16H16N4OS/c17-9-20(15(21)12-5-6-18-8-12)16-19-13-4-3-11(10-1-2-10)7-14(13)22-16/h3-4,7,10,12,18H,1-2,5-6,8H2. The summed E-state index contributed by atoms with van der Waals surface area (Å²) in [5, 5.41) is 13.0. The first-order valence-corrected chi connectivity index (χ1v) is 8.43. The molecule has 1 aromatic heterocycles. The maximum Gasteiger partial charge on any atom is 0.246 e. The summed E-state index contributed by atoms with van der Waals surface area (Å²) in [4.78, 5) is 18.1. The highest BCUT2D eigenvalue weighted by Gasteiger charge is 2.30. The molecule has 0 bridgehead atoms. The van der Waals surface area contributed by atoms with E-state index in [1.54, 1.807) is 0 Å². The van der Waals surface area contributed by atoms with Gasteiger partial charge in [-0.3, -0.25) is 4.79 Å². The van der Waals surface area contributed by atoms with Gasteiger partial charge in [0, 0.05) is 6.54 Å². The fraction of sp³-hybridized carbons (Fsp3) is 0.438. The molecule has 1 saturated heterocycles. The van der Waals surface area contributed by atoms with E-state index in [0.29, 0.717) is 17.6 Å². The van der Waals surface area contributed by atoms with Crippen LogP contribution in [0.1, 0.15) is 30.7 Å². The summed E-state index contributed by atoms with van der Waals surface area (Å²) in [7, 11) is 0. The predicted octanol–water partition coefficient (Wildman–Crippen LogP) is 2.60. The molecule has 1 saturated carbocycles. The molecule has 2 aliphatic rings. The third kappa shape index (κ3) is 2.36. The number of hydrogen-bond acceptors (Lipinski definition) is 5. The number of amides is 1. The van der Waals surface area contributed by atoms with Crippen molar-refractivity contribution in [2.45, 2.75) is 25.2 Å². The second kappa shape index (κ2) is 5.34. The van der Waals surface area contributed by atoms with Crippen molar-refractivity contribution < 1.29 is 4.79 Å². The van der Waals surface area contributed by atoms with Crippen molar-refractivity contribution in [3.63, 3.8) is 0 Å². The largest absolute Gasteiger partial charge is 0.316 e. The van der Waals surface area contributed by atoms with Gasteiger partial charge in [0.25, 0.3) is 0 Å². The fourth-order valence-corrected chi connectivity index (χ4v) is 3.91. The van der Waals surface area contributed by atoms with Gasteiger partial charge in [0.15, 0.2) is 6.19 Å². The minimum Gasteiger partial charge on any atom is -0.316 e. The van der Waals surface area contributed by atoms with Crippen LogP contribution in [0, 0.1) is 17.4 Å². The van der Waals surface area contributed by atoms with Crippen LogP contribution in [0.3, 0.4) is 0 Å². The molecule has 0 radical (unpaired) electrons. The Morgan fingerprint density at radius 1 is 1.41 bits per heavy atom. The Balaban J connectivity index is 1.66. The van der Waals surface area contributed by atoms with Gasteiger partial charge in [-0.05, 0) is 49.4 Å². The molecule has 2 heterocycles. The van der Waals surface area contributed by atoms with Crippen LogP contribution in [0.4, 0.5) is 5.13 Å². The number of fused-ring (bicyclic) bond motifs is 1. The number of nitrogens with one attached hydrogen (secondary N) is 1. The van der Waals surface area contributed by atoms with Crippen molar-refractivity contribution in [1.82, 2.24) is 10.3 Å². The molecule has 0 spiro atoms. The molecule has 1 amide bonds. The summed E-state index contributed by atoms with van der Waals surface area (Å²) in [5.74, 6) is 0.427. The number of aromatic nitrogens is 1. The lowest BCUT2D eigenvalue weighted by Gasteiger charge is -2.14. The molecule has 112 valence electrons. The summed E-state index contributed by atoms with van der Waals surface area (Å²) in [6.45, 7) is 1.48. The zero-order chi connectivity index (χ0) is 15.1. The minimum absolute atomic E-state index is 0.117. The predicted molar refractivity (Wildman–Crippen MR) is 85.7 cm³/mol. The topological polar surface area (TPSA) is 69.0 Å². The first-order valence-electron chi connectivity index (χ1n) is 7.61.